The van der Waals surface area contributed by atoms with Crippen LogP contribution in [0.15, 0.2) is 0 Å². The number of carbonyl (C=O) groups is 1. The molecular weight excluding hydrogens is 126 g/mol. The molecule has 2 nitrogen and oxygen atoms in total. The highest BCUT2D eigenvalue weighted by Crippen LogP contribution is 2.06. The number of hydrogen-bond donors (Lipinski definition) is 0. The molecule has 0 heterocycles. The monoisotopic (exact) mass is 139 g/mol. The third-order valence-electron chi connectivity index (χ3n) is 1.43. The van der Waals surface area contributed by atoms with Crippen molar-refractivity contribution in [1.29, 1.82) is 5.26 Å². The second-order valence-electron chi connectivity index (χ2n) is 2.48. The predicted molar refractivity (Wildman–Crippen MR) is 39.3 cm³/mol. The number of aldehydes is 1. The lowest BCUT2D eigenvalue weighted by Crippen LogP contribution is -1.89. The normalized spacial score (nSPS) is 12.0. The van der Waals surface area contributed by atoms with Gasteiger partial charge in [0, 0.05) is 12.3 Å². The molecule has 0 saturated heterocycles. The van der Waals surface area contributed by atoms with Crippen molar-refractivity contribution in [1.82, 2.24) is 0 Å². The van der Waals surface area contributed by atoms with Crippen molar-refractivity contribution in [3.05, 3.63) is 0 Å². The summed E-state index contributed by atoms with van der Waals surface area (Å²) in [5.41, 5.74) is 0. The van der Waals surface area contributed by atoms with Crippen LogP contribution in [0.25, 0.3) is 0 Å². The van der Waals surface area contributed by atoms with E-state index in [-0.39, 0.29) is 5.92 Å². The summed E-state index contributed by atoms with van der Waals surface area (Å²) >= 11 is 0. The minimum atomic E-state index is 0.145. The number of carbonyl (C=O) groups excluding carboxylic acids is 1. The molecule has 0 bridgehead atoms. The van der Waals surface area contributed by atoms with Crippen molar-refractivity contribution >= 4 is 6.29 Å². The van der Waals surface area contributed by atoms with E-state index in [0.717, 1.165) is 25.5 Å². The molecule has 1 atom stereocenters. The SMILES string of the molecule is CC(C#N)CCCCC=O. The Kier molecular flexibility index (Phi) is 5.75. The fraction of sp³-hybridized carbons (Fsp3) is 0.750. The molecule has 0 aliphatic rings. The lowest BCUT2D eigenvalue weighted by atomic mass is 10.1. The van der Waals surface area contributed by atoms with Gasteiger partial charge in [0.05, 0.1) is 6.07 Å². The topological polar surface area (TPSA) is 40.9 Å². The van der Waals surface area contributed by atoms with E-state index in [1.54, 1.807) is 0 Å². The van der Waals surface area contributed by atoms with Crippen molar-refractivity contribution in [2.24, 2.45) is 5.92 Å². The Morgan fingerprint density at radius 3 is 2.80 bits per heavy atom. The molecule has 0 amide bonds. The standard InChI is InChI=1S/C8H13NO/c1-8(7-9)5-3-2-4-6-10/h6,8H,2-5H2,1H3. The van der Waals surface area contributed by atoms with E-state index in [1.807, 2.05) is 6.92 Å². The Bertz CT molecular complexity index is 126. The van der Waals surface area contributed by atoms with Gasteiger partial charge < -0.3 is 4.79 Å². The van der Waals surface area contributed by atoms with Gasteiger partial charge in [-0.15, -0.1) is 0 Å². The molecule has 0 N–H and O–H groups in total. The van der Waals surface area contributed by atoms with Gasteiger partial charge in [-0.05, 0) is 19.8 Å². The summed E-state index contributed by atoms with van der Waals surface area (Å²) < 4.78 is 0. The van der Waals surface area contributed by atoms with Gasteiger partial charge in [0.15, 0.2) is 0 Å². The molecule has 0 saturated carbocycles. The summed E-state index contributed by atoms with van der Waals surface area (Å²) in [5, 5.41) is 8.37. The Hall–Kier alpha value is -0.840. The zero-order chi connectivity index (χ0) is 7.82. The van der Waals surface area contributed by atoms with Crippen LogP contribution in [-0.4, -0.2) is 6.29 Å². The molecule has 0 rings (SSSR count). The fourth-order valence-corrected chi connectivity index (χ4v) is 0.743. The molecule has 0 spiro atoms. The van der Waals surface area contributed by atoms with Crippen molar-refractivity contribution < 1.29 is 4.79 Å². The maximum atomic E-state index is 9.85. The van der Waals surface area contributed by atoms with Crippen LogP contribution >= 0.6 is 0 Å². The van der Waals surface area contributed by atoms with E-state index in [1.165, 1.54) is 0 Å². The smallest absolute Gasteiger partial charge is 0.119 e. The minimum absolute atomic E-state index is 0.145. The van der Waals surface area contributed by atoms with Crippen LogP contribution in [0.4, 0.5) is 0 Å². The number of nitriles is 1. The molecule has 0 aliphatic heterocycles. The van der Waals surface area contributed by atoms with E-state index in [9.17, 15) is 4.79 Å². The van der Waals surface area contributed by atoms with Gasteiger partial charge in [-0.1, -0.05) is 6.42 Å². The van der Waals surface area contributed by atoms with E-state index < -0.39 is 0 Å². The predicted octanol–water partition coefficient (Wildman–Crippen LogP) is 1.91. The van der Waals surface area contributed by atoms with Gasteiger partial charge in [-0.25, -0.2) is 0 Å². The van der Waals surface area contributed by atoms with Gasteiger partial charge in [0.2, 0.25) is 0 Å². The summed E-state index contributed by atoms with van der Waals surface area (Å²) in [6, 6.07) is 2.15. The molecule has 1 unspecified atom stereocenters. The Morgan fingerprint density at radius 1 is 1.60 bits per heavy atom. The molecule has 0 aromatic heterocycles. The van der Waals surface area contributed by atoms with Crippen LogP contribution in [0.1, 0.15) is 32.6 Å². The van der Waals surface area contributed by atoms with Crippen LogP contribution in [0.2, 0.25) is 0 Å². The van der Waals surface area contributed by atoms with Gasteiger partial charge >= 0.3 is 0 Å². The molecular formula is C8H13NO. The second-order valence-corrected chi connectivity index (χ2v) is 2.48. The van der Waals surface area contributed by atoms with Crippen LogP contribution < -0.4 is 0 Å². The van der Waals surface area contributed by atoms with E-state index in [0.29, 0.717) is 6.42 Å². The van der Waals surface area contributed by atoms with Crippen LogP contribution in [0.3, 0.4) is 0 Å². The average molecular weight is 139 g/mol. The first-order valence-corrected chi connectivity index (χ1v) is 3.64. The maximum absolute atomic E-state index is 9.85. The van der Waals surface area contributed by atoms with Crippen molar-refractivity contribution in [2.45, 2.75) is 32.6 Å². The van der Waals surface area contributed by atoms with Gasteiger partial charge in [-0.3, -0.25) is 0 Å². The van der Waals surface area contributed by atoms with Gasteiger partial charge in [-0.2, -0.15) is 5.26 Å². The molecule has 0 fully saturated rings. The van der Waals surface area contributed by atoms with Gasteiger partial charge in [0.25, 0.3) is 0 Å². The molecule has 10 heavy (non-hydrogen) atoms. The quantitative estimate of drug-likeness (QED) is 0.431. The molecule has 0 aromatic carbocycles. The number of nitrogens with zero attached hydrogens (tertiary/aromatic N) is 1. The first kappa shape index (κ1) is 9.16. The Morgan fingerprint density at radius 2 is 2.30 bits per heavy atom. The van der Waals surface area contributed by atoms with Crippen molar-refractivity contribution in [2.75, 3.05) is 0 Å². The number of rotatable bonds is 5. The highest BCUT2D eigenvalue weighted by Gasteiger charge is 1.97. The molecule has 2 heteroatoms. The summed E-state index contributed by atoms with van der Waals surface area (Å²) in [6.07, 6.45) is 4.41. The van der Waals surface area contributed by atoms with Crippen LogP contribution in [0, 0.1) is 17.2 Å². The van der Waals surface area contributed by atoms with Crippen molar-refractivity contribution in [3.8, 4) is 6.07 Å². The second kappa shape index (κ2) is 6.28. The van der Waals surface area contributed by atoms with Crippen molar-refractivity contribution in [3.63, 3.8) is 0 Å². The first-order valence-electron chi connectivity index (χ1n) is 3.64. The zero-order valence-corrected chi connectivity index (χ0v) is 6.34. The maximum Gasteiger partial charge on any atom is 0.119 e. The Labute approximate surface area is 61.8 Å². The number of hydrogen-bond acceptors (Lipinski definition) is 2. The van der Waals surface area contributed by atoms with Gasteiger partial charge in [0.1, 0.15) is 6.29 Å². The van der Waals surface area contributed by atoms with E-state index in [4.69, 9.17) is 5.26 Å². The Balaban J connectivity index is 3.05. The largest absolute Gasteiger partial charge is 0.303 e. The first-order chi connectivity index (χ1) is 4.81. The highest BCUT2D eigenvalue weighted by atomic mass is 16.1. The van der Waals surface area contributed by atoms with Crippen LogP contribution in [-0.2, 0) is 4.79 Å². The lowest BCUT2D eigenvalue weighted by molar-refractivity contribution is -0.107. The highest BCUT2D eigenvalue weighted by molar-refractivity contribution is 5.48. The molecule has 0 aliphatic carbocycles. The van der Waals surface area contributed by atoms with E-state index in [2.05, 4.69) is 6.07 Å². The lowest BCUT2D eigenvalue weighted by Gasteiger charge is -1.98. The zero-order valence-electron chi connectivity index (χ0n) is 6.34. The average Bonchev–Trinajstić information content (AvgIpc) is 1.98. The molecule has 56 valence electrons. The fourth-order valence-electron chi connectivity index (χ4n) is 0.743. The number of unbranched alkanes of at least 4 members (excludes halogenated alkanes) is 2. The van der Waals surface area contributed by atoms with E-state index >= 15 is 0 Å². The molecule has 0 aromatic rings. The molecule has 0 radical (unpaired) electrons. The third-order valence-corrected chi connectivity index (χ3v) is 1.43. The summed E-state index contributed by atoms with van der Waals surface area (Å²) in [6.45, 7) is 1.90. The summed E-state index contributed by atoms with van der Waals surface area (Å²) in [7, 11) is 0. The summed E-state index contributed by atoms with van der Waals surface area (Å²) in [5.74, 6) is 0.145. The third kappa shape index (κ3) is 5.30. The minimum Gasteiger partial charge on any atom is -0.303 e. The van der Waals surface area contributed by atoms with Crippen LogP contribution in [0.5, 0.6) is 0 Å². The summed E-state index contributed by atoms with van der Waals surface area (Å²) in [4.78, 5) is 9.85.